The molecule has 2 N–H and O–H groups in total. The molecule has 0 aromatic carbocycles. The first-order valence-corrected chi connectivity index (χ1v) is 6.27. The van der Waals surface area contributed by atoms with Crippen LogP contribution in [0.3, 0.4) is 0 Å². The van der Waals surface area contributed by atoms with E-state index in [0.29, 0.717) is 18.8 Å². The lowest BCUT2D eigenvalue weighted by atomic mass is 9.96. The lowest BCUT2D eigenvalue weighted by Gasteiger charge is -2.25. The molecule has 0 fully saturated rings. The Kier molecular flexibility index (Phi) is 5.21. The zero-order chi connectivity index (χ0) is 13.6. The van der Waals surface area contributed by atoms with Gasteiger partial charge >= 0.3 is 5.97 Å². The van der Waals surface area contributed by atoms with E-state index in [1.165, 1.54) is 0 Å². The normalized spacial score (nSPS) is 14.4. The summed E-state index contributed by atoms with van der Waals surface area (Å²) < 4.78 is 1.70. The maximum atomic E-state index is 11.3. The molecule has 0 bridgehead atoms. The van der Waals surface area contributed by atoms with Crippen LogP contribution in [0.5, 0.6) is 0 Å². The van der Waals surface area contributed by atoms with Crippen LogP contribution in [0.2, 0.25) is 0 Å². The number of nitrogens with zero attached hydrogens (tertiary/aromatic N) is 4. The van der Waals surface area contributed by atoms with Gasteiger partial charge in [-0.3, -0.25) is 10.1 Å². The number of nitrogens with one attached hydrogen (secondary N) is 1. The number of hydrogen-bond donors (Lipinski definition) is 2. The molecule has 102 valence electrons. The highest BCUT2D eigenvalue weighted by Crippen LogP contribution is 2.13. The zero-order valence-electron chi connectivity index (χ0n) is 11.2. The minimum absolute atomic E-state index is 0.357. The molecule has 0 aliphatic heterocycles. The fraction of sp³-hybridized carbons (Fsp3) is 0.818. The van der Waals surface area contributed by atoms with Crippen molar-refractivity contribution in [2.75, 3.05) is 0 Å². The maximum absolute atomic E-state index is 11.3. The van der Waals surface area contributed by atoms with Crippen molar-refractivity contribution in [3.8, 4) is 0 Å². The van der Waals surface area contributed by atoms with Crippen LogP contribution in [0.25, 0.3) is 0 Å². The molecule has 0 amide bonds. The summed E-state index contributed by atoms with van der Waals surface area (Å²) in [6.45, 7) is 6.78. The Labute approximate surface area is 107 Å². The van der Waals surface area contributed by atoms with Gasteiger partial charge in [-0.15, -0.1) is 5.10 Å². The molecule has 18 heavy (non-hydrogen) atoms. The molecule has 1 heterocycles. The third kappa shape index (κ3) is 3.49. The second kappa shape index (κ2) is 6.44. The Morgan fingerprint density at radius 2 is 2.17 bits per heavy atom. The topological polar surface area (TPSA) is 92.9 Å². The van der Waals surface area contributed by atoms with Crippen LogP contribution >= 0.6 is 0 Å². The molecule has 0 saturated carbocycles. The van der Waals surface area contributed by atoms with E-state index in [2.05, 4.69) is 20.8 Å². The van der Waals surface area contributed by atoms with Crippen LogP contribution in [-0.2, 0) is 17.9 Å². The van der Waals surface area contributed by atoms with Gasteiger partial charge in [-0.25, -0.2) is 4.68 Å². The fourth-order valence-electron chi connectivity index (χ4n) is 1.78. The van der Waals surface area contributed by atoms with Crippen molar-refractivity contribution in [3.63, 3.8) is 0 Å². The molecule has 0 aliphatic rings. The van der Waals surface area contributed by atoms with Gasteiger partial charge in [-0.2, -0.15) is 0 Å². The molecule has 0 aliphatic carbocycles. The van der Waals surface area contributed by atoms with Gasteiger partial charge in [-0.05, 0) is 30.2 Å². The Balaban J connectivity index is 2.67. The van der Waals surface area contributed by atoms with Crippen molar-refractivity contribution in [3.05, 3.63) is 5.82 Å². The van der Waals surface area contributed by atoms with E-state index in [4.69, 9.17) is 0 Å². The van der Waals surface area contributed by atoms with Crippen molar-refractivity contribution >= 4 is 5.97 Å². The summed E-state index contributed by atoms with van der Waals surface area (Å²) in [5, 5.41) is 23.7. The molecular weight excluding hydrogens is 234 g/mol. The molecule has 1 unspecified atom stereocenters. The van der Waals surface area contributed by atoms with Crippen molar-refractivity contribution in [1.82, 2.24) is 25.5 Å². The molecule has 7 nitrogen and oxygen atoms in total. The predicted molar refractivity (Wildman–Crippen MR) is 65.9 cm³/mol. The van der Waals surface area contributed by atoms with Gasteiger partial charge in [0.1, 0.15) is 5.54 Å². The van der Waals surface area contributed by atoms with E-state index in [1.54, 1.807) is 11.6 Å². The summed E-state index contributed by atoms with van der Waals surface area (Å²) in [7, 11) is 0. The first-order valence-electron chi connectivity index (χ1n) is 6.27. The minimum atomic E-state index is -0.933. The molecule has 0 spiro atoms. The largest absolute Gasteiger partial charge is 0.480 e. The van der Waals surface area contributed by atoms with Gasteiger partial charge in [-0.1, -0.05) is 20.3 Å². The van der Waals surface area contributed by atoms with Gasteiger partial charge in [0.05, 0.1) is 6.54 Å². The minimum Gasteiger partial charge on any atom is -0.480 e. The van der Waals surface area contributed by atoms with Gasteiger partial charge in [0.25, 0.3) is 0 Å². The number of rotatable bonds is 8. The molecule has 1 aromatic heterocycles. The standard InChI is InChI=1S/C11H21N5O2/c1-4-6-11(3,10(17)18)12-8-9-13-14-15-16(9)7-5-2/h12H,4-8H2,1-3H3,(H,17,18). The highest BCUT2D eigenvalue weighted by Gasteiger charge is 2.31. The maximum Gasteiger partial charge on any atom is 0.323 e. The van der Waals surface area contributed by atoms with Crippen molar-refractivity contribution in [1.29, 1.82) is 0 Å². The van der Waals surface area contributed by atoms with Gasteiger partial charge in [0.2, 0.25) is 0 Å². The first kappa shape index (κ1) is 14.6. The van der Waals surface area contributed by atoms with E-state index in [-0.39, 0.29) is 0 Å². The summed E-state index contributed by atoms with van der Waals surface area (Å²) in [6.07, 6.45) is 2.30. The Morgan fingerprint density at radius 3 is 2.72 bits per heavy atom. The van der Waals surface area contributed by atoms with Crippen molar-refractivity contribution in [2.45, 2.75) is 58.7 Å². The van der Waals surface area contributed by atoms with Crippen molar-refractivity contribution in [2.24, 2.45) is 0 Å². The Hall–Kier alpha value is -1.50. The molecule has 0 saturated heterocycles. The van der Waals surface area contributed by atoms with Crippen LogP contribution in [0.4, 0.5) is 0 Å². The number of carbonyl (C=O) groups is 1. The van der Waals surface area contributed by atoms with Crippen LogP contribution in [0.1, 0.15) is 45.9 Å². The van der Waals surface area contributed by atoms with Gasteiger partial charge in [0, 0.05) is 6.54 Å². The van der Waals surface area contributed by atoms with E-state index in [1.807, 2.05) is 13.8 Å². The number of aromatic nitrogens is 4. The lowest BCUT2D eigenvalue weighted by Crippen LogP contribution is -2.49. The lowest BCUT2D eigenvalue weighted by molar-refractivity contribution is -0.144. The number of aryl methyl sites for hydroxylation is 1. The molecule has 1 rings (SSSR count). The zero-order valence-corrected chi connectivity index (χ0v) is 11.2. The van der Waals surface area contributed by atoms with Crippen LogP contribution < -0.4 is 5.32 Å². The Bertz CT molecular complexity index is 393. The second-order valence-corrected chi connectivity index (χ2v) is 4.56. The molecule has 0 radical (unpaired) electrons. The van der Waals surface area contributed by atoms with Crippen LogP contribution in [-0.4, -0.2) is 36.8 Å². The highest BCUT2D eigenvalue weighted by atomic mass is 16.4. The van der Waals surface area contributed by atoms with Gasteiger partial charge in [0.15, 0.2) is 5.82 Å². The third-order valence-electron chi connectivity index (χ3n) is 2.90. The summed E-state index contributed by atoms with van der Waals surface area (Å²) in [5.41, 5.74) is -0.933. The molecule has 1 aromatic rings. The molecular formula is C11H21N5O2. The SMILES string of the molecule is CCCn1nnnc1CNC(C)(CCC)C(=O)O. The molecule has 7 heteroatoms. The van der Waals surface area contributed by atoms with Crippen LogP contribution in [0, 0.1) is 0 Å². The average Bonchev–Trinajstić information content (AvgIpc) is 2.75. The highest BCUT2D eigenvalue weighted by molar-refractivity contribution is 5.78. The number of carboxylic acid groups (broad SMARTS) is 1. The van der Waals surface area contributed by atoms with Gasteiger partial charge < -0.3 is 5.11 Å². The van der Waals surface area contributed by atoms with Crippen LogP contribution in [0.15, 0.2) is 0 Å². The second-order valence-electron chi connectivity index (χ2n) is 4.56. The smallest absolute Gasteiger partial charge is 0.323 e. The van der Waals surface area contributed by atoms with E-state index >= 15 is 0 Å². The first-order chi connectivity index (χ1) is 8.53. The van der Waals surface area contributed by atoms with E-state index in [9.17, 15) is 9.90 Å². The number of carboxylic acids is 1. The van der Waals surface area contributed by atoms with E-state index in [0.717, 1.165) is 19.4 Å². The van der Waals surface area contributed by atoms with Crippen molar-refractivity contribution < 1.29 is 9.90 Å². The monoisotopic (exact) mass is 255 g/mol. The average molecular weight is 255 g/mol. The fourth-order valence-corrected chi connectivity index (χ4v) is 1.78. The summed E-state index contributed by atoms with van der Waals surface area (Å²) in [6, 6.07) is 0. The molecule has 1 atom stereocenters. The summed E-state index contributed by atoms with van der Waals surface area (Å²) in [4.78, 5) is 11.3. The third-order valence-corrected chi connectivity index (χ3v) is 2.90. The summed E-state index contributed by atoms with van der Waals surface area (Å²) in [5.74, 6) is -0.181. The summed E-state index contributed by atoms with van der Waals surface area (Å²) >= 11 is 0. The van der Waals surface area contributed by atoms with E-state index < -0.39 is 11.5 Å². The predicted octanol–water partition coefficient (Wildman–Crippen LogP) is 0.816. The Morgan fingerprint density at radius 1 is 1.44 bits per heavy atom. The number of aliphatic carboxylic acids is 1. The number of hydrogen-bond acceptors (Lipinski definition) is 5. The number of tetrazole rings is 1. The quantitative estimate of drug-likeness (QED) is 0.714.